The maximum atomic E-state index is 12.6. The summed E-state index contributed by atoms with van der Waals surface area (Å²) in [4.78, 5) is 12.6. The molecular formula is C20H14O3. The number of phenols is 1. The van der Waals surface area contributed by atoms with Gasteiger partial charge in [0.15, 0.2) is 5.76 Å². The van der Waals surface area contributed by atoms with Crippen LogP contribution in [0.2, 0.25) is 0 Å². The van der Waals surface area contributed by atoms with Crippen molar-refractivity contribution in [2.24, 2.45) is 0 Å². The molecule has 0 radical (unpaired) electrons. The Labute approximate surface area is 133 Å². The molecule has 0 atom stereocenters. The quantitative estimate of drug-likeness (QED) is 0.675. The number of Topliss-reactive ketones (excluding diaryl/α,β-unsaturated/α-hetero) is 1. The fourth-order valence-electron chi connectivity index (χ4n) is 2.84. The van der Waals surface area contributed by atoms with E-state index in [4.69, 9.17) is 4.74 Å². The van der Waals surface area contributed by atoms with Gasteiger partial charge in [0.2, 0.25) is 5.78 Å². The van der Waals surface area contributed by atoms with E-state index in [0.717, 1.165) is 21.9 Å². The second-order valence-electron chi connectivity index (χ2n) is 5.65. The van der Waals surface area contributed by atoms with Gasteiger partial charge in [0.1, 0.15) is 11.5 Å². The van der Waals surface area contributed by atoms with Crippen LogP contribution in [0.15, 0.2) is 60.4 Å². The van der Waals surface area contributed by atoms with Crippen LogP contribution in [0.4, 0.5) is 0 Å². The van der Waals surface area contributed by atoms with Gasteiger partial charge >= 0.3 is 0 Å². The van der Waals surface area contributed by atoms with Crippen molar-refractivity contribution in [2.45, 2.75) is 6.92 Å². The summed E-state index contributed by atoms with van der Waals surface area (Å²) in [7, 11) is 0. The summed E-state index contributed by atoms with van der Waals surface area (Å²) < 4.78 is 5.86. The first-order valence-corrected chi connectivity index (χ1v) is 7.39. The number of ketones is 1. The van der Waals surface area contributed by atoms with E-state index in [0.29, 0.717) is 17.1 Å². The number of ether oxygens (including phenoxy) is 1. The highest BCUT2D eigenvalue weighted by Gasteiger charge is 2.28. The summed E-state index contributed by atoms with van der Waals surface area (Å²) in [6.45, 7) is 1.82. The predicted molar refractivity (Wildman–Crippen MR) is 89.7 cm³/mol. The van der Waals surface area contributed by atoms with Crippen molar-refractivity contribution in [2.75, 3.05) is 0 Å². The zero-order valence-electron chi connectivity index (χ0n) is 12.5. The lowest BCUT2D eigenvalue weighted by Crippen LogP contribution is -1.98. The van der Waals surface area contributed by atoms with Crippen molar-refractivity contribution in [3.63, 3.8) is 0 Å². The Morgan fingerprint density at radius 3 is 2.70 bits per heavy atom. The van der Waals surface area contributed by atoms with Crippen molar-refractivity contribution in [1.29, 1.82) is 0 Å². The molecule has 23 heavy (non-hydrogen) atoms. The highest BCUT2D eigenvalue weighted by Crippen LogP contribution is 2.38. The lowest BCUT2D eigenvalue weighted by Gasteiger charge is -2.04. The van der Waals surface area contributed by atoms with Gasteiger partial charge < -0.3 is 9.84 Å². The van der Waals surface area contributed by atoms with Gasteiger partial charge in [-0.3, -0.25) is 4.79 Å². The van der Waals surface area contributed by atoms with Gasteiger partial charge in [-0.15, -0.1) is 0 Å². The third kappa shape index (κ3) is 2.18. The number of allylic oxidation sites excluding steroid dienone is 1. The van der Waals surface area contributed by atoms with E-state index in [-0.39, 0.29) is 11.5 Å². The first-order chi connectivity index (χ1) is 11.1. The first-order valence-electron chi connectivity index (χ1n) is 7.39. The molecule has 0 aliphatic carbocycles. The molecule has 0 amide bonds. The van der Waals surface area contributed by atoms with Crippen molar-refractivity contribution < 1.29 is 14.6 Å². The van der Waals surface area contributed by atoms with Crippen LogP contribution in [0, 0.1) is 6.92 Å². The van der Waals surface area contributed by atoms with E-state index < -0.39 is 0 Å². The molecule has 1 N–H and O–H groups in total. The Balaban J connectivity index is 1.81. The molecule has 3 nitrogen and oxygen atoms in total. The Morgan fingerprint density at radius 2 is 1.87 bits per heavy atom. The molecule has 0 aromatic heterocycles. The number of carbonyl (C=O) groups is 1. The third-order valence-electron chi connectivity index (χ3n) is 4.08. The molecule has 112 valence electrons. The summed E-state index contributed by atoms with van der Waals surface area (Å²) in [5.41, 5.74) is 2.17. The number of aryl methyl sites for hydroxylation is 1. The smallest absolute Gasteiger partial charge is 0.231 e. The molecule has 3 aromatic carbocycles. The lowest BCUT2D eigenvalue weighted by molar-refractivity contribution is 0.101. The number of hydrogen-bond acceptors (Lipinski definition) is 3. The maximum absolute atomic E-state index is 12.6. The highest BCUT2D eigenvalue weighted by atomic mass is 16.5. The van der Waals surface area contributed by atoms with Crippen LogP contribution in [0.3, 0.4) is 0 Å². The monoisotopic (exact) mass is 302 g/mol. The third-order valence-corrected chi connectivity index (χ3v) is 4.08. The van der Waals surface area contributed by atoms with Crippen molar-refractivity contribution in [3.05, 3.63) is 77.0 Å². The highest BCUT2D eigenvalue weighted by molar-refractivity contribution is 6.17. The SMILES string of the molecule is Cc1cc(/C=C2\Oc3c(ccc4ccccc34)C2=O)ccc1O. The van der Waals surface area contributed by atoms with Crippen molar-refractivity contribution in [1.82, 2.24) is 0 Å². The minimum atomic E-state index is -0.114. The molecule has 1 aliphatic heterocycles. The molecule has 3 heteroatoms. The fourth-order valence-corrected chi connectivity index (χ4v) is 2.84. The van der Waals surface area contributed by atoms with Gasteiger partial charge in [-0.05, 0) is 47.7 Å². The number of carbonyl (C=O) groups excluding carboxylic acids is 1. The van der Waals surface area contributed by atoms with E-state index in [1.54, 1.807) is 18.2 Å². The van der Waals surface area contributed by atoms with Crippen molar-refractivity contribution in [3.8, 4) is 11.5 Å². The second kappa shape index (κ2) is 4.99. The van der Waals surface area contributed by atoms with Crippen LogP contribution in [-0.2, 0) is 0 Å². The Morgan fingerprint density at radius 1 is 1.04 bits per heavy atom. The molecule has 0 saturated carbocycles. The van der Waals surface area contributed by atoms with Gasteiger partial charge in [-0.25, -0.2) is 0 Å². The minimum absolute atomic E-state index is 0.114. The van der Waals surface area contributed by atoms with Crippen LogP contribution in [0.1, 0.15) is 21.5 Å². The average Bonchev–Trinajstić information content (AvgIpc) is 2.88. The van der Waals surface area contributed by atoms with Crippen molar-refractivity contribution >= 4 is 22.6 Å². The molecule has 0 fully saturated rings. The van der Waals surface area contributed by atoms with E-state index in [9.17, 15) is 9.90 Å². The van der Waals surface area contributed by atoms with E-state index in [1.165, 1.54) is 0 Å². The van der Waals surface area contributed by atoms with Gasteiger partial charge in [0.25, 0.3) is 0 Å². The van der Waals surface area contributed by atoms with Gasteiger partial charge in [-0.2, -0.15) is 0 Å². The zero-order chi connectivity index (χ0) is 16.0. The number of phenolic OH excluding ortho intramolecular Hbond substituents is 1. The average molecular weight is 302 g/mol. The van der Waals surface area contributed by atoms with E-state index >= 15 is 0 Å². The number of benzene rings is 3. The molecular weight excluding hydrogens is 288 g/mol. The van der Waals surface area contributed by atoms with Gasteiger partial charge in [-0.1, -0.05) is 36.4 Å². The molecule has 3 aromatic rings. The first kappa shape index (κ1) is 13.6. The van der Waals surface area contributed by atoms with E-state index in [2.05, 4.69) is 0 Å². The van der Waals surface area contributed by atoms with Crippen LogP contribution >= 0.6 is 0 Å². The summed E-state index contributed by atoms with van der Waals surface area (Å²) in [6.07, 6.45) is 1.71. The van der Waals surface area contributed by atoms with Gasteiger partial charge in [0.05, 0.1) is 5.56 Å². The minimum Gasteiger partial charge on any atom is -0.508 e. The predicted octanol–water partition coefficient (Wildman–Crippen LogP) is 4.47. The summed E-state index contributed by atoms with van der Waals surface area (Å²) in [6, 6.07) is 16.8. The Bertz CT molecular complexity index is 983. The normalized spacial score (nSPS) is 15.0. The standard InChI is InChI=1S/C20H14O3/c1-12-10-13(6-9-17(12)21)11-18-19(22)16-8-7-14-4-2-3-5-15(14)20(16)23-18/h2-11,21H,1H3/b18-11-. The number of fused-ring (bicyclic) bond motifs is 3. The molecule has 0 spiro atoms. The Kier molecular flexibility index (Phi) is 2.95. The Hall–Kier alpha value is -3.07. The fraction of sp³-hybridized carbons (Fsp3) is 0.0500. The van der Waals surface area contributed by atoms with E-state index in [1.807, 2.05) is 49.4 Å². The van der Waals surface area contributed by atoms with Crippen LogP contribution in [0.25, 0.3) is 16.8 Å². The summed E-state index contributed by atoms with van der Waals surface area (Å²) in [5.74, 6) is 1.05. The zero-order valence-corrected chi connectivity index (χ0v) is 12.5. The molecule has 4 rings (SSSR count). The number of rotatable bonds is 1. The number of hydrogen-bond donors (Lipinski definition) is 1. The number of aromatic hydroxyl groups is 1. The van der Waals surface area contributed by atoms with Crippen LogP contribution in [-0.4, -0.2) is 10.9 Å². The maximum Gasteiger partial charge on any atom is 0.231 e. The molecule has 1 aliphatic rings. The largest absolute Gasteiger partial charge is 0.508 e. The topological polar surface area (TPSA) is 46.5 Å². The molecule has 1 heterocycles. The second-order valence-corrected chi connectivity index (χ2v) is 5.65. The summed E-state index contributed by atoms with van der Waals surface area (Å²) >= 11 is 0. The molecule has 0 bridgehead atoms. The molecule has 0 unspecified atom stereocenters. The van der Waals surface area contributed by atoms with Crippen LogP contribution in [0.5, 0.6) is 11.5 Å². The summed E-state index contributed by atoms with van der Waals surface area (Å²) in [5, 5.41) is 11.6. The molecule has 0 saturated heterocycles. The van der Waals surface area contributed by atoms with Gasteiger partial charge in [0, 0.05) is 5.39 Å². The lowest BCUT2D eigenvalue weighted by atomic mass is 10.0. The van der Waals surface area contributed by atoms with Crippen LogP contribution < -0.4 is 4.74 Å².